The Morgan fingerprint density at radius 1 is 0.654 bits per heavy atom. The van der Waals surface area contributed by atoms with Crippen LogP contribution in [0.2, 0.25) is 0 Å². The van der Waals surface area contributed by atoms with Crippen LogP contribution in [0, 0.1) is 5.82 Å². The zero-order chi connectivity index (χ0) is 17.8. The van der Waals surface area contributed by atoms with Gasteiger partial charge in [-0.3, -0.25) is 4.98 Å². The van der Waals surface area contributed by atoms with Crippen molar-refractivity contribution >= 4 is 0 Å². The number of benzene rings is 3. The second-order valence-corrected chi connectivity index (χ2v) is 6.22. The van der Waals surface area contributed by atoms with E-state index in [1.165, 1.54) is 17.7 Å². The molecule has 0 radical (unpaired) electrons. The number of aromatic nitrogens is 1. The lowest BCUT2D eigenvalue weighted by Gasteiger charge is -2.15. The molecule has 0 bridgehead atoms. The smallest absolute Gasteiger partial charge is 0.123 e. The maximum Gasteiger partial charge on any atom is 0.123 e. The molecule has 1 nitrogen and oxygen atoms in total. The number of nitrogens with zero attached hydrogens (tertiary/aromatic N) is 1. The van der Waals surface area contributed by atoms with Gasteiger partial charge < -0.3 is 0 Å². The van der Waals surface area contributed by atoms with Gasteiger partial charge in [-0.15, -0.1) is 0 Å². The highest BCUT2D eigenvalue weighted by Crippen LogP contribution is 2.35. The van der Waals surface area contributed by atoms with Crippen LogP contribution >= 0.6 is 0 Å². The number of rotatable bonds is 4. The Kier molecular flexibility index (Phi) is 4.57. The highest BCUT2D eigenvalue weighted by Gasteiger charge is 2.14. The van der Waals surface area contributed by atoms with E-state index in [9.17, 15) is 4.39 Å². The summed E-state index contributed by atoms with van der Waals surface area (Å²) >= 11 is 0. The van der Waals surface area contributed by atoms with Gasteiger partial charge in [-0.1, -0.05) is 72.8 Å². The average Bonchev–Trinajstić information content (AvgIpc) is 2.70. The molecule has 0 fully saturated rings. The lowest BCUT2D eigenvalue weighted by atomic mass is 9.91. The van der Waals surface area contributed by atoms with E-state index < -0.39 is 0 Å². The Morgan fingerprint density at radius 3 is 2.00 bits per heavy atom. The lowest BCUT2D eigenvalue weighted by Crippen LogP contribution is -1.98. The molecular formula is C24H18FN. The second kappa shape index (κ2) is 7.32. The van der Waals surface area contributed by atoms with E-state index in [2.05, 4.69) is 29.2 Å². The summed E-state index contributed by atoms with van der Waals surface area (Å²) in [5, 5.41) is 0. The van der Waals surface area contributed by atoms with E-state index in [4.69, 9.17) is 0 Å². The van der Waals surface area contributed by atoms with Crippen LogP contribution in [-0.4, -0.2) is 4.98 Å². The predicted molar refractivity (Wildman–Crippen MR) is 104 cm³/mol. The van der Waals surface area contributed by atoms with Gasteiger partial charge in [0.15, 0.2) is 0 Å². The Bertz CT molecular complexity index is 993. The van der Waals surface area contributed by atoms with Crippen LogP contribution in [0.4, 0.5) is 4.39 Å². The third-order valence-electron chi connectivity index (χ3n) is 4.46. The normalized spacial score (nSPS) is 10.7. The van der Waals surface area contributed by atoms with Crippen molar-refractivity contribution in [3.8, 4) is 22.3 Å². The van der Waals surface area contributed by atoms with Crippen LogP contribution in [-0.2, 0) is 6.42 Å². The molecule has 0 saturated heterocycles. The summed E-state index contributed by atoms with van der Waals surface area (Å²) < 4.78 is 13.4. The lowest BCUT2D eigenvalue weighted by molar-refractivity contribution is 0.628. The van der Waals surface area contributed by atoms with E-state index in [0.29, 0.717) is 0 Å². The topological polar surface area (TPSA) is 12.9 Å². The van der Waals surface area contributed by atoms with E-state index in [1.807, 2.05) is 60.8 Å². The maximum atomic E-state index is 13.4. The molecule has 1 heterocycles. The predicted octanol–water partition coefficient (Wildman–Crippen LogP) is 6.15. The van der Waals surface area contributed by atoms with Gasteiger partial charge in [-0.2, -0.15) is 0 Å². The highest BCUT2D eigenvalue weighted by atomic mass is 19.1. The molecule has 4 rings (SSSR count). The van der Waals surface area contributed by atoms with Crippen molar-refractivity contribution in [1.82, 2.24) is 4.98 Å². The van der Waals surface area contributed by atoms with E-state index >= 15 is 0 Å². The molecule has 0 spiro atoms. The number of hydrogen-bond acceptors (Lipinski definition) is 1. The summed E-state index contributed by atoms with van der Waals surface area (Å²) in [4.78, 5) is 4.68. The Morgan fingerprint density at radius 2 is 1.31 bits per heavy atom. The largest absolute Gasteiger partial charge is 0.260 e. The van der Waals surface area contributed by atoms with Crippen LogP contribution in [0.5, 0.6) is 0 Å². The summed E-state index contributed by atoms with van der Waals surface area (Å²) in [5.74, 6) is -0.228. The molecule has 3 aromatic carbocycles. The zero-order valence-corrected chi connectivity index (χ0v) is 14.3. The molecule has 0 atom stereocenters. The van der Waals surface area contributed by atoms with Gasteiger partial charge in [-0.05, 0) is 40.5 Å². The summed E-state index contributed by atoms with van der Waals surface area (Å²) in [6.45, 7) is 0. The molecule has 0 amide bonds. The third kappa shape index (κ3) is 3.40. The minimum absolute atomic E-state index is 0.228. The van der Waals surface area contributed by atoms with Crippen LogP contribution in [0.15, 0.2) is 97.2 Å². The molecule has 0 saturated carbocycles. The van der Waals surface area contributed by atoms with E-state index in [1.54, 1.807) is 0 Å². The van der Waals surface area contributed by atoms with Crippen molar-refractivity contribution in [1.29, 1.82) is 0 Å². The molecule has 26 heavy (non-hydrogen) atoms. The molecule has 126 valence electrons. The summed E-state index contributed by atoms with van der Waals surface area (Å²) in [6, 6.07) is 29.2. The molecule has 0 aliphatic heterocycles. The van der Waals surface area contributed by atoms with Crippen LogP contribution < -0.4 is 0 Å². The van der Waals surface area contributed by atoms with Gasteiger partial charge in [0.2, 0.25) is 0 Å². The maximum absolute atomic E-state index is 13.4. The van der Waals surface area contributed by atoms with E-state index in [0.717, 1.165) is 34.4 Å². The van der Waals surface area contributed by atoms with Crippen molar-refractivity contribution in [3.63, 3.8) is 0 Å². The van der Waals surface area contributed by atoms with Gasteiger partial charge in [0, 0.05) is 18.2 Å². The van der Waals surface area contributed by atoms with Crippen LogP contribution in [0.1, 0.15) is 11.3 Å². The van der Waals surface area contributed by atoms with Gasteiger partial charge in [0.25, 0.3) is 0 Å². The quantitative estimate of drug-likeness (QED) is 0.435. The Hall–Kier alpha value is -3.26. The van der Waals surface area contributed by atoms with Crippen LogP contribution in [0.25, 0.3) is 22.3 Å². The first-order valence-corrected chi connectivity index (χ1v) is 8.64. The molecule has 0 aliphatic carbocycles. The third-order valence-corrected chi connectivity index (χ3v) is 4.46. The Labute approximate surface area is 152 Å². The van der Waals surface area contributed by atoms with Crippen LogP contribution in [0.3, 0.4) is 0 Å². The molecule has 4 aromatic rings. The van der Waals surface area contributed by atoms with Gasteiger partial charge in [-0.25, -0.2) is 4.39 Å². The summed E-state index contributed by atoms with van der Waals surface area (Å²) in [7, 11) is 0. The van der Waals surface area contributed by atoms with Crippen molar-refractivity contribution in [3.05, 3.63) is 114 Å². The first-order valence-electron chi connectivity index (χ1n) is 8.64. The first kappa shape index (κ1) is 16.2. The van der Waals surface area contributed by atoms with Crippen molar-refractivity contribution < 1.29 is 4.39 Å². The first-order chi connectivity index (χ1) is 12.8. The highest BCUT2D eigenvalue weighted by molar-refractivity contribution is 5.85. The minimum atomic E-state index is -0.228. The molecule has 2 heteroatoms. The fourth-order valence-corrected chi connectivity index (χ4v) is 3.23. The van der Waals surface area contributed by atoms with Crippen molar-refractivity contribution in [2.75, 3.05) is 0 Å². The number of halogens is 1. The van der Waals surface area contributed by atoms with Gasteiger partial charge >= 0.3 is 0 Å². The van der Waals surface area contributed by atoms with Crippen molar-refractivity contribution in [2.24, 2.45) is 0 Å². The number of pyridine rings is 1. The molecule has 0 unspecified atom stereocenters. The SMILES string of the molecule is Fc1ccc(-c2ccnc(Cc3ccccc3)c2-c2ccccc2)cc1. The molecule has 0 N–H and O–H groups in total. The van der Waals surface area contributed by atoms with Gasteiger partial charge in [0.1, 0.15) is 5.82 Å². The fourth-order valence-electron chi connectivity index (χ4n) is 3.23. The standard InChI is InChI=1S/C24H18FN/c25-21-13-11-19(12-14-21)22-15-16-26-23(17-18-7-3-1-4-8-18)24(22)20-9-5-2-6-10-20/h1-16H,17H2. The zero-order valence-electron chi connectivity index (χ0n) is 14.3. The fraction of sp³-hybridized carbons (Fsp3) is 0.0417. The average molecular weight is 339 g/mol. The molecule has 1 aromatic heterocycles. The van der Waals surface area contributed by atoms with Gasteiger partial charge in [0.05, 0.1) is 5.69 Å². The van der Waals surface area contributed by atoms with Crippen molar-refractivity contribution in [2.45, 2.75) is 6.42 Å². The summed E-state index contributed by atoms with van der Waals surface area (Å²) in [6.07, 6.45) is 2.59. The monoisotopic (exact) mass is 339 g/mol. The minimum Gasteiger partial charge on any atom is -0.260 e. The second-order valence-electron chi connectivity index (χ2n) is 6.22. The van der Waals surface area contributed by atoms with E-state index in [-0.39, 0.29) is 5.82 Å². The summed E-state index contributed by atoms with van der Waals surface area (Å²) in [5.41, 5.74) is 6.51. The Balaban J connectivity index is 1.89. The molecular weight excluding hydrogens is 321 g/mol. The molecule has 0 aliphatic rings. The number of hydrogen-bond donors (Lipinski definition) is 0.